The molecule has 0 aliphatic carbocycles. The largest absolute Gasteiger partial charge is 0.351 e. The Morgan fingerprint density at radius 3 is 3.12 bits per heavy atom. The Morgan fingerprint density at radius 2 is 2.32 bits per heavy atom. The van der Waals surface area contributed by atoms with E-state index in [1.165, 1.54) is 0 Å². The highest BCUT2D eigenvalue weighted by molar-refractivity contribution is 5.92. The van der Waals surface area contributed by atoms with Gasteiger partial charge in [0.05, 0.1) is 11.7 Å². The van der Waals surface area contributed by atoms with Crippen LogP contribution in [0, 0.1) is 0 Å². The highest BCUT2D eigenvalue weighted by Crippen LogP contribution is 2.32. The molecule has 7 nitrogen and oxygen atoms in total. The number of nitrogens with zero attached hydrogens (tertiary/aromatic N) is 4. The van der Waals surface area contributed by atoms with Crippen LogP contribution in [0.3, 0.4) is 0 Å². The van der Waals surface area contributed by atoms with Gasteiger partial charge in [-0.1, -0.05) is 19.0 Å². The third-order valence-electron chi connectivity index (χ3n) is 4.97. The number of nitrogens with one attached hydrogen (secondary N) is 1. The number of carbonyl (C=O) groups is 1. The van der Waals surface area contributed by atoms with Crippen molar-refractivity contribution < 1.29 is 9.32 Å². The topological polar surface area (TPSA) is 84.2 Å². The maximum absolute atomic E-state index is 12.9. The average molecular weight is 341 g/mol. The Bertz CT molecular complexity index is 786. The third kappa shape index (κ3) is 3.04. The normalized spacial score (nSPS) is 20.1. The molecule has 7 heteroatoms. The molecule has 2 aliphatic heterocycles. The second-order valence-corrected chi connectivity index (χ2v) is 7.05. The zero-order valence-corrected chi connectivity index (χ0v) is 14.7. The molecule has 0 radical (unpaired) electrons. The molecule has 0 spiro atoms. The molecule has 25 heavy (non-hydrogen) atoms. The lowest BCUT2D eigenvalue weighted by Gasteiger charge is -2.24. The van der Waals surface area contributed by atoms with Gasteiger partial charge in [-0.05, 0) is 18.8 Å². The van der Waals surface area contributed by atoms with Crippen LogP contribution in [0.4, 0.5) is 0 Å². The van der Waals surface area contributed by atoms with Crippen molar-refractivity contribution in [1.82, 2.24) is 25.3 Å². The van der Waals surface area contributed by atoms with E-state index in [-0.39, 0.29) is 17.9 Å². The molecule has 4 rings (SSSR count). The number of hydrogen-bond donors (Lipinski definition) is 1. The van der Waals surface area contributed by atoms with Gasteiger partial charge in [0.1, 0.15) is 0 Å². The van der Waals surface area contributed by atoms with E-state index in [0.717, 1.165) is 55.1 Å². The summed E-state index contributed by atoms with van der Waals surface area (Å²) in [5, 5.41) is 7.33. The van der Waals surface area contributed by atoms with Crippen LogP contribution in [0.1, 0.15) is 72.0 Å². The molecule has 1 saturated heterocycles. The average Bonchev–Trinajstić information content (AvgIpc) is 3.30. The quantitative estimate of drug-likeness (QED) is 0.921. The molecule has 2 aromatic rings. The summed E-state index contributed by atoms with van der Waals surface area (Å²) in [4.78, 5) is 24.0. The van der Waals surface area contributed by atoms with E-state index in [1.807, 2.05) is 24.9 Å². The number of carbonyl (C=O) groups excluding carboxylic acids is 1. The highest BCUT2D eigenvalue weighted by atomic mass is 16.5. The molecule has 0 unspecified atom stereocenters. The first-order valence-corrected chi connectivity index (χ1v) is 8.96. The van der Waals surface area contributed by atoms with Crippen molar-refractivity contribution >= 4 is 5.91 Å². The Hall–Kier alpha value is -2.28. The molecule has 4 heterocycles. The molecule has 2 aliphatic rings. The molecule has 0 saturated carbocycles. The second-order valence-electron chi connectivity index (χ2n) is 7.05. The number of aromatic nitrogens is 3. The summed E-state index contributed by atoms with van der Waals surface area (Å²) in [6, 6.07) is 1.67. The molecule has 1 amide bonds. The van der Waals surface area contributed by atoms with Crippen molar-refractivity contribution in [3.8, 4) is 0 Å². The Labute approximate surface area is 146 Å². The van der Waals surface area contributed by atoms with E-state index in [1.54, 1.807) is 6.07 Å². The highest BCUT2D eigenvalue weighted by Gasteiger charge is 2.34. The fourth-order valence-corrected chi connectivity index (χ4v) is 3.49. The van der Waals surface area contributed by atoms with Crippen LogP contribution < -0.4 is 5.32 Å². The molecular weight excluding hydrogens is 318 g/mol. The molecule has 0 bridgehead atoms. The summed E-state index contributed by atoms with van der Waals surface area (Å²) in [6.07, 6.45) is 4.64. The van der Waals surface area contributed by atoms with Crippen LogP contribution in [0.5, 0.6) is 0 Å². The molecule has 1 fully saturated rings. The Balaban J connectivity index is 1.58. The fourth-order valence-electron chi connectivity index (χ4n) is 3.49. The number of hydrogen-bond acceptors (Lipinski definition) is 6. The van der Waals surface area contributed by atoms with Crippen LogP contribution in [0.25, 0.3) is 0 Å². The van der Waals surface area contributed by atoms with Crippen molar-refractivity contribution in [2.45, 2.75) is 51.6 Å². The molecule has 2 aromatic heterocycles. The maximum atomic E-state index is 12.9. The first-order valence-electron chi connectivity index (χ1n) is 8.96. The zero-order chi connectivity index (χ0) is 17.4. The van der Waals surface area contributed by atoms with E-state index in [2.05, 4.69) is 15.5 Å². The van der Waals surface area contributed by atoms with Gasteiger partial charge in [0.2, 0.25) is 5.76 Å². The lowest BCUT2D eigenvalue weighted by Crippen LogP contribution is -2.32. The number of likely N-dealkylation sites (tertiary alicyclic amines) is 1. The molecule has 1 atom stereocenters. The van der Waals surface area contributed by atoms with Gasteiger partial charge in [-0.25, -0.2) is 9.97 Å². The standard InChI is InChI=1S/C18H23N5O2/c1-11(2)14-8-16(25-22-14)18(24)23-7-3-4-15(23)17-20-10-12-9-19-6-5-13(12)21-17/h8,10-11,15,19H,3-7,9H2,1-2H3/t15-/m1/s1. The van der Waals surface area contributed by atoms with E-state index >= 15 is 0 Å². The molecule has 1 N–H and O–H groups in total. The van der Waals surface area contributed by atoms with Crippen molar-refractivity contribution in [2.24, 2.45) is 0 Å². The van der Waals surface area contributed by atoms with Gasteiger partial charge in [0, 0.05) is 49.6 Å². The summed E-state index contributed by atoms with van der Waals surface area (Å²) in [5.74, 6) is 1.16. The van der Waals surface area contributed by atoms with Crippen LogP contribution in [0.2, 0.25) is 0 Å². The summed E-state index contributed by atoms with van der Waals surface area (Å²) in [6.45, 7) is 6.51. The van der Waals surface area contributed by atoms with E-state index in [4.69, 9.17) is 9.51 Å². The van der Waals surface area contributed by atoms with Crippen LogP contribution >= 0.6 is 0 Å². The summed E-state index contributed by atoms with van der Waals surface area (Å²) in [7, 11) is 0. The fraction of sp³-hybridized carbons (Fsp3) is 0.556. The molecule has 0 aromatic carbocycles. The smallest absolute Gasteiger partial charge is 0.293 e. The molecular formula is C18H23N5O2. The SMILES string of the molecule is CC(C)c1cc(C(=O)N2CCC[C@@H]2c2ncc3c(n2)CCNC3)on1. The summed E-state index contributed by atoms with van der Waals surface area (Å²) < 4.78 is 5.28. The van der Waals surface area contributed by atoms with Gasteiger partial charge in [-0.15, -0.1) is 0 Å². The van der Waals surface area contributed by atoms with Gasteiger partial charge in [-0.2, -0.15) is 0 Å². The van der Waals surface area contributed by atoms with E-state index < -0.39 is 0 Å². The predicted octanol–water partition coefficient (Wildman–Crippen LogP) is 2.21. The summed E-state index contributed by atoms with van der Waals surface area (Å²) >= 11 is 0. The Morgan fingerprint density at radius 1 is 1.44 bits per heavy atom. The van der Waals surface area contributed by atoms with Crippen molar-refractivity contribution in [2.75, 3.05) is 13.1 Å². The summed E-state index contributed by atoms with van der Waals surface area (Å²) in [5.41, 5.74) is 3.06. The lowest BCUT2D eigenvalue weighted by molar-refractivity contribution is 0.0687. The van der Waals surface area contributed by atoms with Gasteiger partial charge in [-0.3, -0.25) is 4.79 Å². The lowest BCUT2D eigenvalue weighted by atomic mass is 10.1. The minimum atomic E-state index is -0.120. The monoisotopic (exact) mass is 341 g/mol. The van der Waals surface area contributed by atoms with E-state index in [9.17, 15) is 4.79 Å². The van der Waals surface area contributed by atoms with Crippen molar-refractivity contribution in [1.29, 1.82) is 0 Å². The first kappa shape index (κ1) is 16.2. The van der Waals surface area contributed by atoms with Gasteiger partial charge in [0.25, 0.3) is 5.91 Å². The first-order chi connectivity index (χ1) is 12.1. The Kier molecular flexibility index (Phi) is 4.25. The van der Waals surface area contributed by atoms with Gasteiger partial charge >= 0.3 is 0 Å². The van der Waals surface area contributed by atoms with Crippen LogP contribution in [0.15, 0.2) is 16.8 Å². The second kappa shape index (κ2) is 6.55. The van der Waals surface area contributed by atoms with E-state index in [0.29, 0.717) is 12.3 Å². The zero-order valence-electron chi connectivity index (χ0n) is 14.7. The van der Waals surface area contributed by atoms with Crippen molar-refractivity contribution in [3.05, 3.63) is 40.8 Å². The number of amides is 1. The number of rotatable bonds is 3. The van der Waals surface area contributed by atoms with Crippen LogP contribution in [-0.2, 0) is 13.0 Å². The minimum Gasteiger partial charge on any atom is -0.351 e. The minimum absolute atomic E-state index is 0.0831. The predicted molar refractivity (Wildman–Crippen MR) is 91.0 cm³/mol. The maximum Gasteiger partial charge on any atom is 0.293 e. The van der Waals surface area contributed by atoms with Gasteiger partial charge < -0.3 is 14.7 Å². The third-order valence-corrected chi connectivity index (χ3v) is 4.97. The van der Waals surface area contributed by atoms with Crippen molar-refractivity contribution in [3.63, 3.8) is 0 Å². The van der Waals surface area contributed by atoms with Gasteiger partial charge in [0.15, 0.2) is 5.82 Å². The molecule has 132 valence electrons. The van der Waals surface area contributed by atoms with Crippen LogP contribution in [-0.4, -0.2) is 39.0 Å². The number of fused-ring (bicyclic) bond motifs is 1.